The van der Waals surface area contributed by atoms with Crippen LogP contribution < -0.4 is 5.84 Å². The molecule has 0 radical (unpaired) electrons. The van der Waals surface area contributed by atoms with E-state index >= 15 is 0 Å². The molecule has 0 saturated carbocycles. The van der Waals surface area contributed by atoms with Gasteiger partial charge in [0.25, 0.3) is 0 Å². The fourth-order valence-corrected chi connectivity index (χ4v) is 1.70. The average Bonchev–Trinajstić information content (AvgIpc) is 2.14. The first-order chi connectivity index (χ1) is 6.63. The Hall–Kier alpha value is -0.420. The van der Waals surface area contributed by atoms with Gasteiger partial charge < -0.3 is 4.74 Å². The molecular formula is C10H15BrN2O. The van der Waals surface area contributed by atoms with Gasteiger partial charge in [-0.15, -0.1) is 0 Å². The standard InChI is InChI=1S/C10H15BrN2O/c1-13(12)7-10(14-2)8-4-3-5-9(11)6-8/h3-6,10H,7,12H2,1-2H3. The summed E-state index contributed by atoms with van der Waals surface area (Å²) in [4.78, 5) is 0. The molecule has 0 aromatic heterocycles. The van der Waals surface area contributed by atoms with E-state index in [-0.39, 0.29) is 6.10 Å². The molecular weight excluding hydrogens is 244 g/mol. The molecule has 0 aliphatic heterocycles. The highest BCUT2D eigenvalue weighted by atomic mass is 79.9. The number of halogens is 1. The van der Waals surface area contributed by atoms with Gasteiger partial charge in [0.2, 0.25) is 0 Å². The Balaban J connectivity index is 2.78. The minimum Gasteiger partial charge on any atom is -0.375 e. The number of hydrogen-bond donors (Lipinski definition) is 1. The maximum Gasteiger partial charge on any atom is 0.0962 e. The van der Waals surface area contributed by atoms with E-state index in [9.17, 15) is 0 Å². The van der Waals surface area contributed by atoms with Gasteiger partial charge in [0.05, 0.1) is 6.10 Å². The minimum absolute atomic E-state index is 0.0162. The SMILES string of the molecule is COC(CN(C)N)c1cccc(Br)c1. The van der Waals surface area contributed by atoms with Crippen LogP contribution in [0, 0.1) is 0 Å². The third-order valence-electron chi connectivity index (χ3n) is 1.96. The van der Waals surface area contributed by atoms with Crippen LogP contribution in [0.1, 0.15) is 11.7 Å². The number of nitrogens with zero attached hydrogens (tertiary/aromatic N) is 1. The quantitative estimate of drug-likeness (QED) is 0.663. The van der Waals surface area contributed by atoms with Gasteiger partial charge in [-0.2, -0.15) is 0 Å². The normalized spacial score (nSPS) is 13.2. The van der Waals surface area contributed by atoms with Crippen LogP contribution >= 0.6 is 15.9 Å². The third kappa shape index (κ3) is 3.38. The van der Waals surface area contributed by atoms with Crippen molar-refractivity contribution in [3.63, 3.8) is 0 Å². The Morgan fingerprint density at radius 3 is 2.79 bits per heavy atom. The van der Waals surface area contributed by atoms with Crippen molar-refractivity contribution >= 4 is 15.9 Å². The summed E-state index contributed by atoms with van der Waals surface area (Å²) >= 11 is 3.43. The number of methoxy groups -OCH3 is 1. The lowest BCUT2D eigenvalue weighted by molar-refractivity contribution is 0.0717. The fraction of sp³-hybridized carbons (Fsp3) is 0.400. The van der Waals surface area contributed by atoms with E-state index in [0.717, 1.165) is 10.0 Å². The summed E-state index contributed by atoms with van der Waals surface area (Å²) in [5, 5.41) is 1.62. The number of hydrazine groups is 1. The first-order valence-electron chi connectivity index (χ1n) is 4.37. The van der Waals surface area contributed by atoms with E-state index in [1.807, 2.05) is 31.3 Å². The van der Waals surface area contributed by atoms with Gasteiger partial charge in [-0.25, -0.2) is 5.01 Å². The number of hydrogen-bond acceptors (Lipinski definition) is 3. The largest absolute Gasteiger partial charge is 0.375 e. The monoisotopic (exact) mass is 258 g/mol. The molecule has 1 aromatic rings. The second-order valence-corrected chi connectivity index (χ2v) is 4.13. The zero-order chi connectivity index (χ0) is 10.6. The molecule has 0 heterocycles. The number of likely N-dealkylation sites (N-methyl/N-ethyl adjacent to an activating group) is 1. The molecule has 0 amide bonds. The van der Waals surface area contributed by atoms with Crippen LogP contribution in [0.25, 0.3) is 0 Å². The maximum atomic E-state index is 5.59. The first kappa shape index (κ1) is 11.7. The number of ether oxygens (including phenoxy) is 1. The summed E-state index contributed by atoms with van der Waals surface area (Å²) in [7, 11) is 3.51. The molecule has 78 valence electrons. The Morgan fingerprint density at radius 1 is 1.57 bits per heavy atom. The molecule has 4 heteroatoms. The molecule has 2 N–H and O–H groups in total. The van der Waals surface area contributed by atoms with Crippen molar-refractivity contribution < 1.29 is 4.74 Å². The van der Waals surface area contributed by atoms with Gasteiger partial charge in [-0.05, 0) is 17.7 Å². The van der Waals surface area contributed by atoms with Crippen molar-refractivity contribution in [3.8, 4) is 0 Å². The first-order valence-corrected chi connectivity index (χ1v) is 5.17. The molecule has 1 rings (SSSR count). The molecule has 0 spiro atoms. The van der Waals surface area contributed by atoms with Crippen molar-refractivity contribution in [2.45, 2.75) is 6.10 Å². The van der Waals surface area contributed by atoms with Crippen LogP contribution in [0.4, 0.5) is 0 Å². The van der Waals surface area contributed by atoms with E-state index in [4.69, 9.17) is 10.6 Å². The van der Waals surface area contributed by atoms with Crippen molar-refractivity contribution in [2.75, 3.05) is 20.7 Å². The van der Waals surface area contributed by atoms with Gasteiger partial charge in [0, 0.05) is 25.2 Å². The second-order valence-electron chi connectivity index (χ2n) is 3.22. The van der Waals surface area contributed by atoms with E-state index in [1.54, 1.807) is 12.1 Å². The van der Waals surface area contributed by atoms with E-state index in [2.05, 4.69) is 15.9 Å². The van der Waals surface area contributed by atoms with Gasteiger partial charge >= 0.3 is 0 Å². The van der Waals surface area contributed by atoms with Crippen LogP contribution in [0.2, 0.25) is 0 Å². The topological polar surface area (TPSA) is 38.5 Å². The van der Waals surface area contributed by atoms with Crippen molar-refractivity contribution in [1.82, 2.24) is 5.01 Å². The molecule has 0 fully saturated rings. The van der Waals surface area contributed by atoms with E-state index in [1.165, 1.54) is 0 Å². The zero-order valence-electron chi connectivity index (χ0n) is 8.40. The molecule has 0 aliphatic carbocycles. The summed E-state index contributed by atoms with van der Waals surface area (Å²) in [5.74, 6) is 5.59. The third-order valence-corrected chi connectivity index (χ3v) is 2.45. The lowest BCUT2D eigenvalue weighted by Gasteiger charge is -2.19. The highest BCUT2D eigenvalue weighted by Crippen LogP contribution is 2.20. The Bertz CT molecular complexity index is 291. The number of nitrogens with two attached hydrogens (primary N) is 1. The molecule has 0 bridgehead atoms. The van der Waals surface area contributed by atoms with Crippen molar-refractivity contribution in [3.05, 3.63) is 34.3 Å². The lowest BCUT2D eigenvalue weighted by Crippen LogP contribution is -2.31. The Kier molecular flexibility index (Phi) is 4.54. The van der Waals surface area contributed by atoms with Gasteiger partial charge in [-0.1, -0.05) is 28.1 Å². The minimum atomic E-state index is 0.0162. The highest BCUT2D eigenvalue weighted by Gasteiger charge is 2.11. The molecule has 0 saturated heterocycles. The molecule has 14 heavy (non-hydrogen) atoms. The predicted molar refractivity (Wildman–Crippen MR) is 60.7 cm³/mol. The molecule has 0 aliphatic rings. The van der Waals surface area contributed by atoms with E-state index in [0.29, 0.717) is 6.54 Å². The lowest BCUT2D eigenvalue weighted by atomic mass is 10.1. The molecule has 1 unspecified atom stereocenters. The second kappa shape index (κ2) is 5.46. The van der Waals surface area contributed by atoms with Crippen molar-refractivity contribution in [2.24, 2.45) is 5.84 Å². The maximum absolute atomic E-state index is 5.59. The van der Waals surface area contributed by atoms with Crippen LogP contribution in [-0.2, 0) is 4.74 Å². The van der Waals surface area contributed by atoms with Gasteiger partial charge in [0.15, 0.2) is 0 Å². The molecule has 3 nitrogen and oxygen atoms in total. The van der Waals surface area contributed by atoms with Crippen LogP contribution in [0.15, 0.2) is 28.7 Å². The predicted octanol–water partition coefficient (Wildman–Crippen LogP) is 1.94. The zero-order valence-corrected chi connectivity index (χ0v) is 9.99. The number of benzene rings is 1. The Labute approximate surface area is 92.9 Å². The van der Waals surface area contributed by atoms with E-state index < -0.39 is 0 Å². The highest BCUT2D eigenvalue weighted by molar-refractivity contribution is 9.10. The summed E-state index contributed by atoms with van der Waals surface area (Å²) in [5.41, 5.74) is 1.12. The number of rotatable bonds is 4. The average molecular weight is 259 g/mol. The summed E-state index contributed by atoms with van der Waals surface area (Å²) < 4.78 is 6.41. The molecule has 1 aromatic carbocycles. The smallest absolute Gasteiger partial charge is 0.0962 e. The van der Waals surface area contributed by atoms with Gasteiger partial charge in [-0.3, -0.25) is 5.84 Å². The van der Waals surface area contributed by atoms with Crippen LogP contribution in [0.5, 0.6) is 0 Å². The van der Waals surface area contributed by atoms with Crippen LogP contribution in [-0.4, -0.2) is 25.7 Å². The summed E-state index contributed by atoms with van der Waals surface area (Å²) in [6.07, 6.45) is 0.0162. The fourth-order valence-electron chi connectivity index (χ4n) is 1.28. The summed E-state index contributed by atoms with van der Waals surface area (Å²) in [6, 6.07) is 8.05. The molecule has 1 atom stereocenters. The van der Waals surface area contributed by atoms with Gasteiger partial charge in [0.1, 0.15) is 0 Å². The van der Waals surface area contributed by atoms with Crippen LogP contribution in [0.3, 0.4) is 0 Å². The van der Waals surface area contributed by atoms with Crippen molar-refractivity contribution in [1.29, 1.82) is 0 Å². The Morgan fingerprint density at radius 2 is 2.29 bits per heavy atom. The summed E-state index contributed by atoms with van der Waals surface area (Å²) in [6.45, 7) is 0.674.